The monoisotopic (exact) mass is 962 g/mol. The summed E-state index contributed by atoms with van der Waals surface area (Å²) in [6.07, 6.45) is 10.5. The number of rotatable bonds is 14. The number of likely N-dealkylation sites (tertiary alicyclic amines) is 1. The molecule has 3 aromatic carbocycles. The second kappa shape index (κ2) is 19.1. The van der Waals surface area contributed by atoms with Crippen LogP contribution in [-0.2, 0) is 0 Å². The van der Waals surface area contributed by atoms with Gasteiger partial charge in [-0.1, -0.05) is 44.5 Å². The average Bonchev–Trinajstić information content (AvgIpc) is 4.10. The number of aromatic nitrogens is 3. The normalized spacial score (nSPS) is 23.3. The summed E-state index contributed by atoms with van der Waals surface area (Å²) < 4.78 is 34.8. The zero-order valence-corrected chi connectivity index (χ0v) is 41.3. The van der Waals surface area contributed by atoms with Gasteiger partial charge in [-0.15, -0.1) is 0 Å². The van der Waals surface area contributed by atoms with Crippen molar-refractivity contribution in [2.45, 2.75) is 107 Å². The fraction of sp³-hybridized carbons (Fsp3) is 0.481. The van der Waals surface area contributed by atoms with Crippen molar-refractivity contribution in [3.05, 3.63) is 93.9 Å². The van der Waals surface area contributed by atoms with Crippen molar-refractivity contribution in [2.24, 2.45) is 11.3 Å². The first kappa shape index (κ1) is 46.7. The Morgan fingerprint density at radius 3 is 2.59 bits per heavy atom. The van der Waals surface area contributed by atoms with Gasteiger partial charge < -0.3 is 40.1 Å². The zero-order valence-electron chi connectivity index (χ0n) is 39.6. The lowest BCUT2D eigenvalue weighted by atomic mass is 9.70. The summed E-state index contributed by atoms with van der Waals surface area (Å²) in [5, 5.41) is 30.0. The van der Waals surface area contributed by atoms with Crippen LogP contribution in [0.3, 0.4) is 0 Å². The van der Waals surface area contributed by atoms with Gasteiger partial charge in [-0.2, -0.15) is 9.36 Å². The van der Waals surface area contributed by atoms with Crippen molar-refractivity contribution in [1.29, 1.82) is 0 Å². The Kier molecular flexibility index (Phi) is 13.1. The third-order valence-corrected chi connectivity index (χ3v) is 16.9. The number of methoxy groups -OCH3 is 1. The number of hydrogen-bond acceptors (Lipinski definition) is 12. The molecule has 360 valence electrons. The van der Waals surface area contributed by atoms with Crippen molar-refractivity contribution in [1.82, 2.24) is 24.0 Å². The molecule has 1 spiro atoms. The predicted octanol–water partition coefficient (Wildman–Crippen LogP) is 9.91. The zero-order chi connectivity index (χ0) is 47.3. The van der Waals surface area contributed by atoms with E-state index in [1.165, 1.54) is 62.8 Å². The van der Waals surface area contributed by atoms with Crippen molar-refractivity contribution in [3.8, 4) is 17.4 Å². The van der Waals surface area contributed by atoms with Gasteiger partial charge in [0.2, 0.25) is 0 Å². The van der Waals surface area contributed by atoms with E-state index >= 15 is 0 Å². The molecule has 3 aromatic heterocycles. The van der Waals surface area contributed by atoms with Gasteiger partial charge in [0.15, 0.2) is 11.4 Å². The highest BCUT2D eigenvalue weighted by Gasteiger charge is 2.49. The molecule has 68 heavy (non-hydrogen) atoms. The highest BCUT2D eigenvalue weighted by atomic mass is 32.2. The van der Waals surface area contributed by atoms with Gasteiger partial charge >= 0.3 is 0 Å². The van der Waals surface area contributed by atoms with Gasteiger partial charge in [0, 0.05) is 84.5 Å². The molecule has 2 saturated carbocycles. The summed E-state index contributed by atoms with van der Waals surface area (Å²) in [6.45, 7) is 11.2. The minimum absolute atomic E-state index is 0.115. The van der Waals surface area contributed by atoms with E-state index in [9.17, 15) is 19.5 Å². The molecule has 16 heteroatoms. The number of hydroxylamine groups is 1. The molecule has 1 amide bonds. The molecule has 4 aliphatic rings. The van der Waals surface area contributed by atoms with Gasteiger partial charge in [0.25, 0.3) is 11.8 Å². The smallest absolute Gasteiger partial charge is 0.265 e. The van der Waals surface area contributed by atoms with Crippen molar-refractivity contribution >= 4 is 68.4 Å². The number of fused-ring (bicyclic) bond motifs is 2. The Morgan fingerprint density at radius 2 is 1.84 bits per heavy atom. The molecular formula is C52H63FN8O5S2. The largest absolute Gasteiger partial charge is 0.629 e. The van der Waals surface area contributed by atoms with Crippen molar-refractivity contribution in [3.63, 3.8) is 0 Å². The van der Waals surface area contributed by atoms with E-state index in [1.54, 1.807) is 11.6 Å². The molecule has 4 fully saturated rings. The van der Waals surface area contributed by atoms with E-state index in [0.717, 1.165) is 87.7 Å². The van der Waals surface area contributed by atoms with Crippen LogP contribution in [0.5, 0.6) is 17.4 Å². The molecule has 5 heterocycles. The van der Waals surface area contributed by atoms with Crippen LogP contribution in [0.15, 0.2) is 71.1 Å². The summed E-state index contributed by atoms with van der Waals surface area (Å²) in [6, 6.07) is 18.7. The molecule has 0 bridgehead atoms. The number of aliphatic hydroxyl groups is 1. The number of halogens is 1. The van der Waals surface area contributed by atoms with Crippen LogP contribution < -0.4 is 29.5 Å². The fourth-order valence-corrected chi connectivity index (χ4v) is 13.0. The number of carbonyl (C=O) groups is 1. The molecule has 2 saturated heterocycles. The molecule has 2 aliphatic carbocycles. The Balaban J connectivity index is 0.867. The number of anilines is 2. The van der Waals surface area contributed by atoms with Gasteiger partial charge in [-0.25, -0.2) is 4.39 Å². The molecule has 0 radical (unpaired) electrons. The van der Waals surface area contributed by atoms with Crippen LogP contribution in [-0.4, -0.2) is 88.8 Å². The number of hydrogen-bond donors (Lipinski definition) is 5. The summed E-state index contributed by atoms with van der Waals surface area (Å²) in [5.74, 6) is 1.17. The van der Waals surface area contributed by atoms with Crippen molar-refractivity contribution in [2.75, 3.05) is 57.1 Å². The highest BCUT2D eigenvalue weighted by Crippen LogP contribution is 2.49. The van der Waals surface area contributed by atoms with E-state index < -0.39 is 17.3 Å². The quantitative estimate of drug-likeness (QED) is 0.0524. The molecule has 6 aromatic rings. The third-order valence-electron chi connectivity index (χ3n) is 15.4. The van der Waals surface area contributed by atoms with Gasteiger partial charge in [-0.05, 0) is 128 Å². The van der Waals surface area contributed by atoms with Crippen LogP contribution in [0.1, 0.15) is 112 Å². The number of carbonyl (C=O) groups excluding carboxylic acids is 1. The SMILES string of the molecule is COc1nc2[nH]cc(F)c2cc1Oc1cc(N2CCC3(CC2)CN(C2CCCC2c2ccccc2C(C)C)C3)ccc1C(=O)NSc1cc([NH+](C)[O-])c(NC[C@H]2CC[C@](C)(O)CC2)c2nscc12. The number of nitrogens with zero attached hydrogens (tertiary/aromatic N) is 4. The lowest BCUT2D eigenvalue weighted by Gasteiger charge is -2.57. The minimum atomic E-state index is -0.626. The second-order valence-corrected chi connectivity index (χ2v) is 21.9. The molecule has 3 atom stereocenters. The summed E-state index contributed by atoms with van der Waals surface area (Å²) in [7, 11) is 3.01. The first-order valence-corrected chi connectivity index (χ1v) is 25.9. The summed E-state index contributed by atoms with van der Waals surface area (Å²) in [5.41, 5.74) is 6.08. The number of H-pyrrole nitrogens is 1. The number of aromatic amines is 1. The standard InChI is InChI=1S/C52H63FN8O5S2/c1-31(2)34-9-6-7-10-35(34)36-11-8-12-41(36)61-29-52(30-61)19-21-60(22-20-52)33-13-14-37(43(23-33)66-44-24-38-40(53)27-55-48(38)56-50(44)65-5)49(62)58-68-45-25-42(59(4)64)47(46-39(45)28-67-57-46)54-26-32-15-17-51(3,63)18-16-32/h6-7,9-10,13-14,23-25,27-28,31-32,36,41,54,59,63H,8,11-12,15-22,26,29-30H2,1-5H3,(H,55,56)(H,58,62)/t32-,36?,41?,51-. The molecular weight excluding hydrogens is 900 g/mol. The molecule has 13 nitrogen and oxygen atoms in total. The maximum Gasteiger partial charge on any atom is 0.265 e. The Bertz CT molecular complexity index is 2790. The van der Waals surface area contributed by atoms with Crippen LogP contribution in [0.2, 0.25) is 0 Å². The number of nitrogens with one attached hydrogen (secondary N) is 4. The van der Waals surface area contributed by atoms with Crippen LogP contribution in [0.25, 0.3) is 21.9 Å². The minimum Gasteiger partial charge on any atom is -0.629 e. The molecule has 10 rings (SSSR count). The van der Waals surface area contributed by atoms with Crippen LogP contribution in [0, 0.1) is 22.4 Å². The second-order valence-electron chi connectivity index (χ2n) is 20.4. The van der Waals surface area contributed by atoms with Gasteiger partial charge in [0.05, 0.1) is 30.7 Å². The Morgan fingerprint density at radius 1 is 1.06 bits per heavy atom. The van der Waals surface area contributed by atoms with Gasteiger partial charge in [-0.3, -0.25) is 14.4 Å². The number of pyridine rings is 1. The maximum absolute atomic E-state index is 14.9. The van der Waals surface area contributed by atoms with Gasteiger partial charge in [0.1, 0.15) is 28.4 Å². The van der Waals surface area contributed by atoms with E-state index in [2.05, 4.69) is 67.9 Å². The first-order valence-electron chi connectivity index (χ1n) is 24.3. The van der Waals surface area contributed by atoms with Crippen LogP contribution in [0.4, 0.5) is 21.5 Å². The number of ether oxygens (including phenoxy) is 2. The maximum atomic E-state index is 14.9. The Hall–Kier alpha value is -4.97. The van der Waals surface area contributed by atoms with Crippen LogP contribution >= 0.6 is 23.5 Å². The number of amides is 1. The van der Waals surface area contributed by atoms with E-state index in [-0.39, 0.29) is 33.4 Å². The number of piperidine rings is 1. The molecule has 2 aliphatic heterocycles. The average molecular weight is 963 g/mol. The lowest BCUT2D eigenvalue weighted by molar-refractivity contribution is -0.750. The van der Waals surface area contributed by atoms with E-state index in [4.69, 9.17) is 13.8 Å². The topological polar surface area (TPSA) is 155 Å². The highest BCUT2D eigenvalue weighted by molar-refractivity contribution is 7.98. The third kappa shape index (κ3) is 9.27. The lowest BCUT2D eigenvalue weighted by Crippen LogP contribution is -2.98. The summed E-state index contributed by atoms with van der Waals surface area (Å²) >= 11 is 2.42. The number of quaternary nitrogens is 1. The predicted molar refractivity (Wildman–Crippen MR) is 269 cm³/mol. The van der Waals surface area contributed by atoms with E-state index in [1.807, 2.05) is 30.5 Å². The van der Waals surface area contributed by atoms with Crippen molar-refractivity contribution < 1.29 is 28.8 Å². The fourth-order valence-electron chi connectivity index (χ4n) is 11.5. The van der Waals surface area contributed by atoms with E-state index in [0.29, 0.717) is 63.2 Å². The molecule has 5 N–H and O–H groups in total. The summed E-state index contributed by atoms with van der Waals surface area (Å²) in [4.78, 5) is 27.5. The molecule has 3 unspecified atom stereocenters. The number of benzene rings is 3. The first-order chi connectivity index (χ1) is 32.8. The Labute approximate surface area is 406 Å².